The fourth-order valence-electron chi connectivity index (χ4n) is 0.780. The molecular weight excluding hydrogens is 234 g/mol. The molecule has 4 heteroatoms. The van der Waals surface area contributed by atoms with Crippen LogP contribution in [0.25, 0.3) is 0 Å². The van der Waals surface area contributed by atoms with E-state index in [4.69, 9.17) is 0 Å². The zero-order valence-corrected chi connectivity index (χ0v) is 8.50. The minimum atomic E-state index is -0.489. The number of ether oxygens (including phenoxy) is 1. The molecule has 0 aliphatic heterocycles. The van der Waals surface area contributed by atoms with Crippen LogP contribution in [0.5, 0.6) is 0 Å². The molecule has 1 aromatic carbocycles. The van der Waals surface area contributed by atoms with Gasteiger partial charge in [-0.1, -0.05) is 15.9 Å². The first-order chi connectivity index (χ1) is 6.22. The molecule has 0 aliphatic carbocycles. The van der Waals surface area contributed by atoms with E-state index < -0.39 is 6.09 Å². The normalized spacial score (nSPS) is 9.38. The minimum absolute atomic E-state index is 0.127. The van der Waals surface area contributed by atoms with Crippen LogP contribution in [0.15, 0.2) is 28.7 Å². The van der Waals surface area contributed by atoms with E-state index in [0.29, 0.717) is 5.69 Å². The number of halogens is 1. The van der Waals surface area contributed by atoms with Crippen LogP contribution in [0.4, 0.5) is 10.5 Å². The van der Waals surface area contributed by atoms with Crippen LogP contribution in [0.2, 0.25) is 0 Å². The second-order valence-corrected chi connectivity index (χ2v) is 3.18. The van der Waals surface area contributed by atoms with Gasteiger partial charge in [0.15, 0.2) is 0 Å². The quantitative estimate of drug-likeness (QED) is 0.867. The van der Waals surface area contributed by atoms with Gasteiger partial charge in [0.2, 0.25) is 0 Å². The van der Waals surface area contributed by atoms with Gasteiger partial charge in [0.25, 0.3) is 0 Å². The average molecular weight is 243 g/mol. The third-order valence-corrected chi connectivity index (χ3v) is 1.85. The molecule has 1 N–H and O–H groups in total. The summed E-state index contributed by atoms with van der Waals surface area (Å²) in [6, 6.07) is 7.21. The fourth-order valence-corrected chi connectivity index (χ4v) is 1.04. The predicted molar refractivity (Wildman–Crippen MR) is 54.5 cm³/mol. The van der Waals surface area contributed by atoms with Gasteiger partial charge in [-0.3, -0.25) is 5.32 Å². The number of rotatable bonds is 2. The summed E-state index contributed by atoms with van der Waals surface area (Å²) in [6.07, 6.45) is -0.489. The number of anilines is 1. The van der Waals surface area contributed by atoms with Crippen LogP contribution in [0.3, 0.4) is 0 Å². The van der Waals surface area contributed by atoms with E-state index in [1.807, 2.05) is 12.1 Å². The Morgan fingerprint density at radius 2 is 2.08 bits per heavy atom. The maximum Gasteiger partial charge on any atom is 0.411 e. The average Bonchev–Trinajstić information content (AvgIpc) is 2.09. The zero-order chi connectivity index (χ0) is 9.68. The number of hydrogen-bond donors (Lipinski definition) is 1. The Morgan fingerprint density at radius 3 is 2.62 bits per heavy atom. The molecule has 0 heterocycles. The molecule has 0 bridgehead atoms. The Kier molecular flexibility index (Phi) is 3.76. The summed E-state index contributed by atoms with van der Waals surface area (Å²) >= 11 is 3.29. The Bertz CT molecular complexity index is 284. The van der Waals surface area contributed by atoms with Crippen molar-refractivity contribution >= 4 is 27.7 Å². The molecule has 0 aliphatic rings. The Morgan fingerprint density at radius 1 is 1.46 bits per heavy atom. The van der Waals surface area contributed by atoms with Crippen LogP contribution in [-0.4, -0.2) is 12.7 Å². The Balaban J connectivity index is 2.54. The summed E-state index contributed by atoms with van der Waals surface area (Å²) in [5, 5.41) is 2.55. The van der Waals surface area contributed by atoms with Gasteiger partial charge in [-0.05, 0) is 31.2 Å². The van der Waals surface area contributed by atoms with E-state index >= 15 is 0 Å². The number of benzene rings is 1. The lowest BCUT2D eigenvalue weighted by Gasteiger charge is -2.04. The SMILES string of the molecule is [CH2]COC(=O)Nc1ccc(Br)cc1. The topological polar surface area (TPSA) is 38.3 Å². The molecule has 1 radical (unpaired) electrons. The van der Waals surface area contributed by atoms with Gasteiger partial charge in [0.05, 0.1) is 6.61 Å². The number of carbonyl (C=O) groups is 1. The lowest BCUT2D eigenvalue weighted by molar-refractivity contribution is 0.173. The van der Waals surface area contributed by atoms with Gasteiger partial charge < -0.3 is 4.74 Å². The molecule has 0 unspecified atom stereocenters. The van der Waals surface area contributed by atoms with Crippen molar-refractivity contribution in [1.29, 1.82) is 0 Å². The summed E-state index contributed by atoms with van der Waals surface area (Å²) in [4.78, 5) is 10.9. The van der Waals surface area contributed by atoms with Gasteiger partial charge >= 0.3 is 6.09 Å². The largest absolute Gasteiger partial charge is 0.449 e. The van der Waals surface area contributed by atoms with Crippen molar-refractivity contribution in [2.75, 3.05) is 11.9 Å². The summed E-state index contributed by atoms with van der Waals surface area (Å²) in [5.41, 5.74) is 0.696. The van der Waals surface area contributed by atoms with Crippen molar-refractivity contribution in [3.05, 3.63) is 35.7 Å². The molecule has 0 aromatic heterocycles. The molecular formula is C9H9BrNO2. The van der Waals surface area contributed by atoms with Crippen molar-refractivity contribution < 1.29 is 9.53 Å². The highest BCUT2D eigenvalue weighted by molar-refractivity contribution is 9.10. The monoisotopic (exact) mass is 242 g/mol. The summed E-state index contributed by atoms with van der Waals surface area (Å²) in [7, 11) is 0. The Hall–Kier alpha value is -1.03. The molecule has 69 valence electrons. The molecule has 1 rings (SSSR count). The van der Waals surface area contributed by atoms with Crippen LogP contribution in [0, 0.1) is 6.92 Å². The number of nitrogens with one attached hydrogen (secondary N) is 1. The van der Waals surface area contributed by atoms with Gasteiger partial charge in [0.1, 0.15) is 0 Å². The first-order valence-corrected chi connectivity index (χ1v) is 4.50. The predicted octanol–water partition coefficient (Wildman–Crippen LogP) is 2.83. The summed E-state index contributed by atoms with van der Waals surface area (Å²) < 4.78 is 5.56. The molecule has 0 atom stereocenters. The van der Waals surface area contributed by atoms with Gasteiger partial charge in [-0.2, -0.15) is 0 Å². The van der Waals surface area contributed by atoms with E-state index in [-0.39, 0.29) is 6.61 Å². The molecule has 3 nitrogen and oxygen atoms in total. The van der Waals surface area contributed by atoms with Crippen molar-refractivity contribution in [1.82, 2.24) is 0 Å². The first-order valence-electron chi connectivity index (χ1n) is 3.71. The third-order valence-electron chi connectivity index (χ3n) is 1.32. The van der Waals surface area contributed by atoms with Crippen LogP contribution in [0.1, 0.15) is 0 Å². The van der Waals surface area contributed by atoms with Gasteiger partial charge in [-0.15, -0.1) is 0 Å². The zero-order valence-electron chi connectivity index (χ0n) is 6.92. The maximum absolute atomic E-state index is 10.9. The fraction of sp³-hybridized carbons (Fsp3) is 0.111. The number of amides is 1. The highest BCUT2D eigenvalue weighted by Gasteiger charge is 2.00. The molecule has 0 spiro atoms. The van der Waals surface area contributed by atoms with Crippen LogP contribution >= 0.6 is 15.9 Å². The maximum atomic E-state index is 10.9. The molecule has 0 fully saturated rings. The molecule has 1 amide bonds. The Labute approximate surface area is 85.2 Å². The van der Waals surface area contributed by atoms with Crippen molar-refractivity contribution in [3.8, 4) is 0 Å². The highest BCUT2D eigenvalue weighted by Crippen LogP contribution is 2.13. The van der Waals surface area contributed by atoms with Gasteiger partial charge in [0, 0.05) is 10.2 Å². The van der Waals surface area contributed by atoms with Crippen molar-refractivity contribution in [2.24, 2.45) is 0 Å². The number of carbonyl (C=O) groups excluding carboxylic acids is 1. The molecule has 0 saturated heterocycles. The van der Waals surface area contributed by atoms with Crippen LogP contribution in [-0.2, 0) is 4.74 Å². The van der Waals surface area contributed by atoms with Crippen molar-refractivity contribution in [3.63, 3.8) is 0 Å². The minimum Gasteiger partial charge on any atom is -0.449 e. The van der Waals surface area contributed by atoms with Crippen LogP contribution < -0.4 is 5.32 Å². The highest BCUT2D eigenvalue weighted by atomic mass is 79.9. The molecule has 0 saturated carbocycles. The second kappa shape index (κ2) is 4.87. The lowest BCUT2D eigenvalue weighted by Crippen LogP contribution is -2.13. The van der Waals surface area contributed by atoms with Crippen molar-refractivity contribution in [2.45, 2.75) is 0 Å². The van der Waals surface area contributed by atoms with E-state index in [2.05, 4.69) is 32.9 Å². The molecule has 13 heavy (non-hydrogen) atoms. The van der Waals surface area contributed by atoms with E-state index in [1.54, 1.807) is 12.1 Å². The first kappa shape index (κ1) is 10.1. The van der Waals surface area contributed by atoms with E-state index in [0.717, 1.165) is 4.47 Å². The van der Waals surface area contributed by atoms with E-state index in [9.17, 15) is 4.79 Å². The second-order valence-electron chi connectivity index (χ2n) is 2.27. The summed E-state index contributed by atoms with van der Waals surface area (Å²) in [5.74, 6) is 0. The molecule has 1 aromatic rings. The van der Waals surface area contributed by atoms with E-state index in [1.165, 1.54) is 0 Å². The lowest BCUT2D eigenvalue weighted by atomic mass is 10.3. The number of hydrogen-bond acceptors (Lipinski definition) is 2. The standard InChI is InChI=1S/C9H9BrNO2/c1-2-13-9(12)11-8-5-3-7(10)4-6-8/h3-6H,1-2H2,(H,11,12). The third kappa shape index (κ3) is 3.46. The smallest absolute Gasteiger partial charge is 0.411 e. The summed E-state index contributed by atoms with van der Waals surface area (Å²) in [6.45, 7) is 3.52. The van der Waals surface area contributed by atoms with Gasteiger partial charge in [-0.25, -0.2) is 4.79 Å².